The van der Waals surface area contributed by atoms with E-state index in [-0.39, 0.29) is 0 Å². The Labute approximate surface area is 67.9 Å². The fourth-order valence-electron chi connectivity index (χ4n) is 0.597. The van der Waals surface area contributed by atoms with Gasteiger partial charge in [0, 0.05) is 23.7 Å². The SMILES string of the molecule is C=C(C)/C(=C/NC)C(=C)S. The van der Waals surface area contributed by atoms with E-state index in [0.29, 0.717) is 0 Å². The zero-order valence-electron chi connectivity index (χ0n) is 6.44. The van der Waals surface area contributed by atoms with E-state index in [1.807, 2.05) is 20.2 Å². The smallest absolute Gasteiger partial charge is 0.00575 e. The van der Waals surface area contributed by atoms with Gasteiger partial charge in [0.1, 0.15) is 0 Å². The number of hydrogen-bond donors (Lipinski definition) is 2. The number of hydrogen-bond acceptors (Lipinski definition) is 2. The highest BCUT2D eigenvalue weighted by atomic mass is 32.1. The van der Waals surface area contributed by atoms with Crippen LogP contribution in [-0.2, 0) is 0 Å². The van der Waals surface area contributed by atoms with Crippen LogP contribution < -0.4 is 5.32 Å². The molecule has 0 aliphatic rings. The average Bonchev–Trinajstić information content (AvgIpc) is 1.81. The maximum Gasteiger partial charge on any atom is 0.00575 e. The van der Waals surface area contributed by atoms with Gasteiger partial charge >= 0.3 is 0 Å². The van der Waals surface area contributed by atoms with Crippen molar-refractivity contribution in [3.63, 3.8) is 0 Å². The molecule has 0 bridgehead atoms. The molecule has 0 aromatic carbocycles. The van der Waals surface area contributed by atoms with Gasteiger partial charge in [0.05, 0.1) is 0 Å². The van der Waals surface area contributed by atoms with Gasteiger partial charge in [0.2, 0.25) is 0 Å². The highest BCUT2D eigenvalue weighted by Crippen LogP contribution is 2.17. The molecule has 2 heteroatoms. The van der Waals surface area contributed by atoms with Crippen LogP contribution in [0.4, 0.5) is 0 Å². The Morgan fingerprint density at radius 1 is 1.50 bits per heavy atom. The molecule has 1 N–H and O–H groups in total. The molecule has 0 saturated carbocycles. The van der Waals surface area contributed by atoms with E-state index in [1.54, 1.807) is 0 Å². The summed E-state index contributed by atoms with van der Waals surface area (Å²) in [6.45, 7) is 9.39. The minimum Gasteiger partial charge on any atom is -0.393 e. The first-order chi connectivity index (χ1) is 4.59. The van der Waals surface area contributed by atoms with Crippen LogP contribution in [0, 0.1) is 0 Å². The molecule has 0 fully saturated rings. The maximum absolute atomic E-state index is 4.10. The lowest BCUT2D eigenvalue weighted by atomic mass is 10.1. The summed E-state index contributed by atoms with van der Waals surface area (Å²) in [6, 6.07) is 0. The zero-order chi connectivity index (χ0) is 8.15. The predicted molar refractivity (Wildman–Crippen MR) is 50.1 cm³/mol. The molecule has 0 radical (unpaired) electrons. The van der Waals surface area contributed by atoms with Crippen molar-refractivity contribution in [1.82, 2.24) is 5.32 Å². The molecule has 0 unspecified atom stereocenters. The molecule has 0 aromatic heterocycles. The van der Waals surface area contributed by atoms with Crippen LogP contribution in [0.15, 0.2) is 35.4 Å². The maximum atomic E-state index is 4.10. The molecule has 0 spiro atoms. The molecule has 0 aliphatic carbocycles. The molecule has 0 rings (SSSR count). The summed E-state index contributed by atoms with van der Waals surface area (Å²) in [7, 11) is 1.83. The lowest BCUT2D eigenvalue weighted by molar-refractivity contribution is 1.08. The van der Waals surface area contributed by atoms with Gasteiger partial charge in [0.15, 0.2) is 0 Å². The van der Waals surface area contributed by atoms with Crippen LogP contribution >= 0.6 is 12.6 Å². The van der Waals surface area contributed by atoms with Gasteiger partial charge in [-0.3, -0.25) is 0 Å². The summed E-state index contributed by atoms with van der Waals surface area (Å²) in [5.74, 6) is 0. The third-order valence-electron chi connectivity index (χ3n) is 1.06. The Kier molecular flexibility index (Phi) is 3.96. The second-order valence-electron chi connectivity index (χ2n) is 2.07. The highest BCUT2D eigenvalue weighted by molar-refractivity contribution is 7.84. The molecule has 0 amide bonds. The number of rotatable bonds is 3. The fraction of sp³-hybridized carbons (Fsp3) is 0.250. The Morgan fingerprint density at radius 2 is 2.00 bits per heavy atom. The number of thiol groups is 1. The normalized spacial score (nSPS) is 10.9. The predicted octanol–water partition coefficient (Wildman–Crippen LogP) is 2.11. The summed E-state index contributed by atoms with van der Waals surface area (Å²) in [5, 5.41) is 2.90. The van der Waals surface area contributed by atoms with Crippen LogP contribution in [0.25, 0.3) is 0 Å². The molecular weight excluding hydrogens is 142 g/mol. The minimum atomic E-state index is 0.738. The zero-order valence-corrected chi connectivity index (χ0v) is 7.33. The lowest BCUT2D eigenvalue weighted by Gasteiger charge is -2.03. The quantitative estimate of drug-likeness (QED) is 0.470. The minimum absolute atomic E-state index is 0.738. The third-order valence-corrected chi connectivity index (χ3v) is 1.30. The van der Waals surface area contributed by atoms with Crippen molar-refractivity contribution in [1.29, 1.82) is 0 Å². The van der Waals surface area contributed by atoms with Crippen molar-refractivity contribution in [2.75, 3.05) is 7.05 Å². The van der Waals surface area contributed by atoms with Crippen LogP contribution in [0.5, 0.6) is 0 Å². The summed E-state index contributed by atoms with van der Waals surface area (Å²) >= 11 is 4.10. The van der Waals surface area contributed by atoms with Gasteiger partial charge in [-0.2, -0.15) is 0 Å². The molecule has 0 saturated heterocycles. The topological polar surface area (TPSA) is 12.0 Å². The fourth-order valence-corrected chi connectivity index (χ4v) is 0.853. The van der Waals surface area contributed by atoms with Gasteiger partial charge < -0.3 is 5.32 Å². The molecule has 10 heavy (non-hydrogen) atoms. The standard InChI is InChI=1S/C8H13NS/c1-6(2)8(5-9-4)7(3)10/h5,9-10H,1,3H2,2,4H3/b8-5-. The van der Waals surface area contributed by atoms with E-state index < -0.39 is 0 Å². The molecule has 0 heterocycles. The molecule has 0 aliphatic heterocycles. The molecule has 0 aromatic rings. The van der Waals surface area contributed by atoms with Gasteiger partial charge in [-0.05, 0) is 12.5 Å². The second kappa shape index (κ2) is 4.23. The van der Waals surface area contributed by atoms with Crippen LogP contribution in [0.2, 0.25) is 0 Å². The number of nitrogens with one attached hydrogen (secondary N) is 1. The molecule has 0 atom stereocenters. The third kappa shape index (κ3) is 2.78. The van der Waals surface area contributed by atoms with Gasteiger partial charge in [-0.1, -0.05) is 13.2 Å². The van der Waals surface area contributed by atoms with Crippen molar-refractivity contribution in [3.05, 3.63) is 35.4 Å². The largest absolute Gasteiger partial charge is 0.393 e. The van der Waals surface area contributed by atoms with E-state index >= 15 is 0 Å². The Hall–Kier alpha value is -0.630. The van der Waals surface area contributed by atoms with Crippen molar-refractivity contribution in [2.45, 2.75) is 6.92 Å². The first-order valence-corrected chi connectivity index (χ1v) is 3.46. The van der Waals surface area contributed by atoms with Gasteiger partial charge in [-0.25, -0.2) is 0 Å². The van der Waals surface area contributed by atoms with Crippen molar-refractivity contribution >= 4 is 12.6 Å². The van der Waals surface area contributed by atoms with E-state index in [2.05, 4.69) is 31.1 Å². The number of allylic oxidation sites excluding steroid dienone is 2. The summed E-state index contributed by atoms with van der Waals surface area (Å²) in [5.41, 5.74) is 1.93. The Bertz CT molecular complexity index is 164. The molecule has 1 nitrogen and oxygen atoms in total. The van der Waals surface area contributed by atoms with Crippen LogP contribution in [0.1, 0.15) is 6.92 Å². The Balaban J connectivity index is 4.42. The first-order valence-electron chi connectivity index (χ1n) is 3.01. The van der Waals surface area contributed by atoms with E-state index in [9.17, 15) is 0 Å². The van der Waals surface area contributed by atoms with E-state index in [1.165, 1.54) is 0 Å². The highest BCUT2D eigenvalue weighted by Gasteiger charge is 1.96. The second-order valence-corrected chi connectivity index (χ2v) is 2.61. The van der Waals surface area contributed by atoms with Crippen molar-refractivity contribution in [2.24, 2.45) is 0 Å². The van der Waals surface area contributed by atoms with Crippen molar-refractivity contribution in [3.8, 4) is 0 Å². The van der Waals surface area contributed by atoms with Crippen molar-refractivity contribution < 1.29 is 0 Å². The van der Waals surface area contributed by atoms with Crippen LogP contribution in [-0.4, -0.2) is 7.05 Å². The van der Waals surface area contributed by atoms with Crippen LogP contribution in [0.3, 0.4) is 0 Å². The molecular formula is C8H13NS. The van der Waals surface area contributed by atoms with Gasteiger partial charge in [0.25, 0.3) is 0 Å². The Morgan fingerprint density at radius 3 is 2.10 bits per heavy atom. The molecule has 56 valence electrons. The monoisotopic (exact) mass is 155 g/mol. The first kappa shape index (κ1) is 9.37. The van der Waals surface area contributed by atoms with Gasteiger partial charge in [-0.15, -0.1) is 12.6 Å². The summed E-state index contributed by atoms with van der Waals surface area (Å²) < 4.78 is 0. The van der Waals surface area contributed by atoms with E-state index in [4.69, 9.17) is 0 Å². The summed E-state index contributed by atoms with van der Waals surface area (Å²) in [6.07, 6.45) is 1.83. The summed E-state index contributed by atoms with van der Waals surface area (Å²) in [4.78, 5) is 0.738. The lowest BCUT2D eigenvalue weighted by Crippen LogP contribution is -1.96. The van der Waals surface area contributed by atoms with E-state index in [0.717, 1.165) is 16.1 Å². The average molecular weight is 155 g/mol.